The van der Waals surface area contributed by atoms with E-state index in [0.717, 1.165) is 35.1 Å². The lowest BCUT2D eigenvalue weighted by molar-refractivity contribution is -0.131. The minimum Gasteiger partial charge on any atom is -0.341 e. The van der Waals surface area contributed by atoms with Crippen LogP contribution >= 0.6 is 22.6 Å². The van der Waals surface area contributed by atoms with E-state index in [1.165, 1.54) is 0 Å². The number of carbonyl (C=O) groups is 2. The van der Waals surface area contributed by atoms with E-state index in [4.69, 9.17) is 0 Å². The first-order valence-electron chi connectivity index (χ1n) is 8.36. The molecule has 3 rings (SSSR count). The number of likely N-dealkylation sites (tertiary alicyclic amines) is 1. The van der Waals surface area contributed by atoms with E-state index >= 15 is 0 Å². The third-order valence-corrected chi connectivity index (χ3v) is 5.40. The molecule has 0 saturated carbocycles. The van der Waals surface area contributed by atoms with Crippen LogP contribution in [0.2, 0.25) is 0 Å². The van der Waals surface area contributed by atoms with Crippen molar-refractivity contribution in [3.8, 4) is 0 Å². The minimum absolute atomic E-state index is 0.134. The molecule has 1 N–H and O–H groups in total. The van der Waals surface area contributed by atoms with E-state index in [2.05, 4.69) is 32.9 Å². The molecule has 0 unspecified atom stereocenters. The Hall–Kier alpha value is -1.80. The molecule has 1 atom stereocenters. The lowest BCUT2D eigenvalue weighted by Crippen LogP contribution is -2.50. The Bertz CT molecular complexity index is 745. The maximum Gasteiger partial charge on any atom is 0.247 e. The molecule has 0 bridgehead atoms. The number of aromatic nitrogens is 1. The summed E-state index contributed by atoms with van der Waals surface area (Å²) in [6.45, 7) is 1.92. The lowest BCUT2D eigenvalue weighted by atomic mass is 10.0. The van der Waals surface area contributed by atoms with Crippen LogP contribution in [0.1, 0.15) is 28.8 Å². The third kappa shape index (κ3) is 4.43. The highest BCUT2D eigenvalue weighted by molar-refractivity contribution is 14.1. The topological polar surface area (TPSA) is 62.3 Å². The molecule has 2 aromatic rings. The van der Waals surface area contributed by atoms with E-state index in [9.17, 15) is 9.59 Å². The van der Waals surface area contributed by atoms with Crippen LogP contribution in [-0.4, -0.2) is 40.7 Å². The van der Waals surface area contributed by atoms with Crippen LogP contribution in [0.25, 0.3) is 0 Å². The zero-order valence-corrected chi connectivity index (χ0v) is 16.0. The van der Waals surface area contributed by atoms with Crippen LogP contribution in [0.15, 0.2) is 48.8 Å². The van der Waals surface area contributed by atoms with Gasteiger partial charge in [0, 0.05) is 41.2 Å². The average Bonchev–Trinajstić information content (AvgIpc) is 3.18. The highest BCUT2D eigenvalue weighted by atomic mass is 127. The molecule has 1 saturated heterocycles. The van der Waals surface area contributed by atoms with Crippen molar-refractivity contribution in [2.75, 3.05) is 13.1 Å². The van der Waals surface area contributed by atoms with E-state index in [1.54, 1.807) is 29.4 Å². The number of amides is 1. The number of rotatable bonds is 6. The lowest BCUT2D eigenvalue weighted by Gasteiger charge is -2.23. The van der Waals surface area contributed by atoms with E-state index in [1.807, 2.05) is 24.3 Å². The van der Waals surface area contributed by atoms with Gasteiger partial charge in [0.05, 0.1) is 0 Å². The highest BCUT2D eigenvalue weighted by Gasteiger charge is 2.32. The number of hydrogen-bond donors (Lipinski definition) is 1. The van der Waals surface area contributed by atoms with Crippen LogP contribution in [0.4, 0.5) is 0 Å². The van der Waals surface area contributed by atoms with Crippen LogP contribution in [0.3, 0.4) is 0 Å². The zero-order valence-electron chi connectivity index (χ0n) is 13.8. The minimum atomic E-state index is -0.864. The van der Waals surface area contributed by atoms with Crippen LogP contribution in [0.5, 0.6) is 0 Å². The zero-order chi connectivity index (χ0) is 17.6. The Morgan fingerprint density at radius 1 is 1.12 bits per heavy atom. The van der Waals surface area contributed by atoms with Gasteiger partial charge in [-0.2, -0.15) is 0 Å². The summed E-state index contributed by atoms with van der Waals surface area (Å²) in [6, 6.07) is 10.4. The van der Waals surface area contributed by atoms with Gasteiger partial charge in [0.25, 0.3) is 0 Å². The van der Waals surface area contributed by atoms with Gasteiger partial charge in [-0.3, -0.25) is 19.9 Å². The van der Waals surface area contributed by atoms with Gasteiger partial charge in [-0.25, -0.2) is 0 Å². The Morgan fingerprint density at radius 3 is 2.48 bits per heavy atom. The number of pyridine rings is 1. The third-order valence-electron chi connectivity index (χ3n) is 4.35. The second-order valence-corrected chi connectivity index (χ2v) is 7.20. The molecule has 1 amide bonds. The van der Waals surface area contributed by atoms with Gasteiger partial charge in [-0.1, -0.05) is 18.2 Å². The number of carbonyl (C=O) groups excluding carboxylic acids is 2. The number of ketones is 1. The van der Waals surface area contributed by atoms with Crippen LogP contribution in [0, 0.1) is 3.57 Å². The molecule has 1 aromatic carbocycles. The van der Waals surface area contributed by atoms with Gasteiger partial charge in [0.15, 0.2) is 11.8 Å². The van der Waals surface area contributed by atoms with E-state index in [-0.39, 0.29) is 11.7 Å². The molecule has 130 valence electrons. The van der Waals surface area contributed by atoms with Crippen molar-refractivity contribution in [2.24, 2.45) is 0 Å². The van der Waals surface area contributed by atoms with Gasteiger partial charge >= 0.3 is 0 Å². The Labute approximate surface area is 161 Å². The maximum absolute atomic E-state index is 12.9. The molecule has 6 heteroatoms. The summed E-state index contributed by atoms with van der Waals surface area (Å²) in [6.07, 6.45) is 5.15. The summed E-state index contributed by atoms with van der Waals surface area (Å²) < 4.78 is 1.11. The molecule has 0 aliphatic carbocycles. The van der Waals surface area contributed by atoms with Gasteiger partial charge in [0.1, 0.15) is 0 Å². The predicted molar refractivity (Wildman–Crippen MR) is 104 cm³/mol. The largest absolute Gasteiger partial charge is 0.341 e. The summed E-state index contributed by atoms with van der Waals surface area (Å²) in [5.74, 6) is -0.338. The van der Waals surface area contributed by atoms with Crippen molar-refractivity contribution in [2.45, 2.75) is 25.4 Å². The molecular weight excluding hydrogens is 429 g/mol. The summed E-state index contributed by atoms with van der Waals surface area (Å²) in [7, 11) is 0. The van der Waals surface area contributed by atoms with Gasteiger partial charge in [-0.05, 0) is 59.2 Å². The van der Waals surface area contributed by atoms with Crippen molar-refractivity contribution in [1.82, 2.24) is 15.2 Å². The van der Waals surface area contributed by atoms with Gasteiger partial charge in [-0.15, -0.1) is 0 Å². The second kappa shape index (κ2) is 8.53. The van der Waals surface area contributed by atoms with Gasteiger partial charge < -0.3 is 4.90 Å². The van der Waals surface area contributed by atoms with E-state index < -0.39 is 6.04 Å². The van der Waals surface area contributed by atoms with Crippen LogP contribution < -0.4 is 5.32 Å². The molecule has 5 nitrogen and oxygen atoms in total. The standard InChI is InChI=1S/C19H20IN3O2/c20-16-6-2-1-5-15(16)13-22-17(19(25)23-11-3-4-12-23)18(24)14-7-9-21-10-8-14/h1-2,5-10,17,22H,3-4,11-13H2/t17-/m1/s1. The summed E-state index contributed by atoms with van der Waals surface area (Å²) in [4.78, 5) is 31.5. The number of hydrogen-bond acceptors (Lipinski definition) is 4. The van der Waals surface area contributed by atoms with Crippen molar-refractivity contribution in [1.29, 1.82) is 0 Å². The predicted octanol–water partition coefficient (Wildman–Crippen LogP) is 2.65. The number of halogens is 1. The summed E-state index contributed by atoms with van der Waals surface area (Å²) >= 11 is 2.26. The van der Waals surface area contributed by atoms with Crippen molar-refractivity contribution in [3.63, 3.8) is 0 Å². The van der Waals surface area contributed by atoms with Crippen LogP contribution in [-0.2, 0) is 11.3 Å². The number of nitrogens with one attached hydrogen (secondary N) is 1. The molecule has 0 radical (unpaired) electrons. The first kappa shape index (κ1) is 18.0. The molecule has 0 spiro atoms. The molecular formula is C19H20IN3O2. The monoisotopic (exact) mass is 449 g/mol. The average molecular weight is 449 g/mol. The second-order valence-electron chi connectivity index (χ2n) is 6.04. The number of nitrogens with zero attached hydrogens (tertiary/aromatic N) is 2. The maximum atomic E-state index is 12.9. The smallest absolute Gasteiger partial charge is 0.247 e. The molecule has 1 fully saturated rings. The fourth-order valence-electron chi connectivity index (χ4n) is 2.95. The Kier molecular flexibility index (Phi) is 6.14. The van der Waals surface area contributed by atoms with Crippen molar-refractivity contribution >= 4 is 34.3 Å². The first-order valence-corrected chi connectivity index (χ1v) is 9.44. The number of Topliss-reactive ketones (excluding diaryl/α,β-unsaturated/α-hetero) is 1. The number of benzene rings is 1. The first-order chi connectivity index (χ1) is 12.2. The van der Waals surface area contributed by atoms with Crippen molar-refractivity contribution in [3.05, 3.63) is 63.5 Å². The quantitative estimate of drug-likeness (QED) is 0.419. The normalized spacial score (nSPS) is 15.2. The fourth-order valence-corrected chi connectivity index (χ4v) is 3.53. The fraction of sp³-hybridized carbons (Fsp3) is 0.316. The molecule has 1 aliphatic rings. The summed E-state index contributed by atoms with van der Waals surface area (Å²) in [5, 5.41) is 3.19. The van der Waals surface area contributed by atoms with Crippen molar-refractivity contribution < 1.29 is 9.59 Å². The Morgan fingerprint density at radius 2 is 1.80 bits per heavy atom. The molecule has 1 aliphatic heterocycles. The molecule has 2 heterocycles. The highest BCUT2D eigenvalue weighted by Crippen LogP contribution is 2.15. The van der Waals surface area contributed by atoms with Gasteiger partial charge in [0.2, 0.25) is 5.91 Å². The molecule has 1 aromatic heterocycles. The molecule has 25 heavy (non-hydrogen) atoms. The van der Waals surface area contributed by atoms with E-state index in [0.29, 0.717) is 12.1 Å². The SMILES string of the molecule is O=C(c1ccncc1)[C@@H](NCc1ccccc1I)C(=O)N1CCCC1. The summed E-state index contributed by atoms with van der Waals surface area (Å²) in [5.41, 5.74) is 1.58. The Balaban J connectivity index is 1.80.